The van der Waals surface area contributed by atoms with Crippen LogP contribution >= 0.6 is 0 Å². The molecule has 0 fully saturated rings. The molecule has 0 amide bonds. The molecular formula is C56H32O2. The fraction of sp³-hybridized carbons (Fsp3) is 0. The Morgan fingerprint density at radius 3 is 1.59 bits per heavy atom. The molecule has 58 heavy (non-hydrogen) atoms. The van der Waals surface area contributed by atoms with Gasteiger partial charge >= 0.3 is 0 Å². The Balaban J connectivity index is 1.10. The van der Waals surface area contributed by atoms with Crippen molar-refractivity contribution in [3.63, 3.8) is 0 Å². The Morgan fingerprint density at radius 2 is 0.793 bits per heavy atom. The molecule has 2 nitrogen and oxygen atoms in total. The van der Waals surface area contributed by atoms with E-state index in [1.165, 1.54) is 87.1 Å². The van der Waals surface area contributed by atoms with Crippen molar-refractivity contribution in [2.75, 3.05) is 0 Å². The Hall–Kier alpha value is -7.68. The number of fused-ring (bicyclic) bond motifs is 12. The quantitative estimate of drug-likeness (QED) is 0.169. The molecule has 11 aromatic carbocycles. The van der Waals surface area contributed by atoms with E-state index in [1.54, 1.807) is 0 Å². The van der Waals surface area contributed by atoms with Gasteiger partial charge in [0.25, 0.3) is 0 Å². The second-order valence-corrected chi connectivity index (χ2v) is 15.5. The van der Waals surface area contributed by atoms with Gasteiger partial charge in [-0.15, -0.1) is 0 Å². The van der Waals surface area contributed by atoms with Gasteiger partial charge in [0.1, 0.15) is 22.3 Å². The third kappa shape index (κ3) is 4.43. The largest absolute Gasteiger partial charge is 0.456 e. The third-order valence-electron chi connectivity index (χ3n) is 12.4. The minimum Gasteiger partial charge on any atom is -0.456 e. The molecule has 0 aliphatic heterocycles. The van der Waals surface area contributed by atoms with Crippen molar-refractivity contribution in [3.05, 3.63) is 194 Å². The van der Waals surface area contributed by atoms with Gasteiger partial charge in [0.2, 0.25) is 0 Å². The summed E-state index contributed by atoms with van der Waals surface area (Å²) < 4.78 is 12.9. The molecule has 13 aromatic rings. The molecule has 0 saturated carbocycles. The maximum absolute atomic E-state index is 6.62. The normalized spacial score (nSPS) is 12.1. The van der Waals surface area contributed by atoms with Crippen molar-refractivity contribution < 1.29 is 8.83 Å². The minimum absolute atomic E-state index is 0.898. The van der Waals surface area contributed by atoms with Crippen LogP contribution in [0, 0.1) is 0 Å². The van der Waals surface area contributed by atoms with E-state index in [0.29, 0.717) is 0 Å². The van der Waals surface area contributed by atoms with Crippen molar-refractivity contribution in [1.82, 2.24) is 0 Å². The first-order chi connectivity index (χ1) is 28.8. The van der Waals surface area contributed by atoms with E-state index in [4.69, 9.17) is 8.83 Å². The molecule has 268 valence electrons. The summed E-state index contributed by atoms with van der Waals surface area (Å²) in [4.78, 5) is 0. The molecule has 0 saturated heterocycles. The van der Waals surface area contributed by atoms with Crippen molar-refractivity contribution in [2.24, 2.45) is 0 Å². The van der Waals surface area contributed by atoms with Crippen LogP contribution in [0.2, 0.25) is 0 Å². The molecule has 0 aliphatic rings. The lowest BCUT2D eigenvalue weighted by molar-refractivity contribution is 0.668. The van der Waals surface area contributed by atoms with E-state index in [-0.39, 0.29) is 0 Å². The maximum Gasteiger partial charge on any atom is 0.136 e. The average molecular weight is 737 g/mol. The number of furan rings is 2. The van der Waals surface area contributed by atoms with Gasteiger partial charge in [-0.1, -0.05) is 152 Å². The van der Waals surface area contributed by atoms with Crippen LogP contribution in [0.5, 0.6) is 0 Å². The van der Waals surface area contributed by atoms with Crippen LogP contribution in [-0.2, 0) is 0 Å². The van der Waals surface area contributed by atoms with Crippen molar-refractivity contribution in [3.8, 4) is 33.4 Å². The first-order valence-electron chi connectivity index (χ1n) is 19.9. The number of benzene rings is 11. The molecule has 0 spiro atoms. The van der Waals surface area contributed by atoms with Crippen LogP contribution < -0.4 is 0 Å². The fourth-order valence-corrected chi connectivity index (χ4v) is 9.91. The first kappa shape index (κ1) is 31.5. The van der Waals surface area contributed by atoms with Gasteiger partial charge in [-0.2, -0.15) is 0 Å². The Kier molecular flexibility index (Phi) is 6.47. The monoisotopic (exact) mass is 736 g/mol. The molecule has 0 atom stereocenters. The van der Waals surface area contributed by atoms with Crippen LogP contribution in [0.1, 0.15) is 0 Å². The molecule has 0 bridgehead atoms. The zero-order chi connectivity index (χ0) is 37.9. The second-order valence-electron chi connectivity index (χ2n) is 15.5. The van der Waals surface area contributed by atoms with E-state index >= 15 is 0 Å². The van der Waals surface area contributed by atoms with Crippen LogP contribution in [-0.4, -0.2) is 0 Å². The van der Waals surface area contributed by atoms with Gasteiger partial charge in [-0.25, -0.2) is 0 Å². The first-order valence-corrected chi connectivity index (χ1v) is 19.9. The van der Waals surface area contributed by atoms with Crippen LogP contribution in [0.25, 0.3) is 131 Å². The highest BCUT2D eigenvalue weighted by atomic mass is 16.3. The summed E-state index contributed by atoms with van der Waals surface area (Å²) in [5.74, 6) is 0. The van der Waals surface area contributed by atoms with E-state index in [0.717, 1.165) is 44.1 Å². The highest BCUT2D eigenvalue weighted by Crippen LogP contribution is 2.49. The average Bonchev–Trinajstić information content (AvgIpc) is 3.85. The van der Waals surface area contributed by atoms with Crippen LogP contribution in [0.4, 0.5) is 0 Å². The summed E-state index contributed by atoms with van der Waals surface area (Å²) in [5.41, 5.74) is 10.9. The fourth-order valence-electron chi connectivity index (χ4n) is 9.91. The van der Waals surface area contributed by atoms with Crippen molar-refractivity contribution >= 4 is 97.7 Å². The summed E-state index contributed by atoms with van der Waals surface area (Å²) in [6, 6.07) is 70.5. The summed E-state index contributed by atoms with van der Waals surface area (Å²) in [6.45, 7) is 0. The molecule has 0 radical (unpaired) electrons. The predicted molar refractivity (Wildman–Crippen MR) is 245 cm³/mol. The maximum atomic E-state index is 6.62. The predicted octanol–water partition coefficient (Wildman–Crippen LogP) is 16.3. The number of hydrogen-bond donors (Lipinski definition) is 0. The Labute approximate surface area is 332 Å². The second kappa shape index (κ2) is 11.9. The molecule has 0 unspecified atom stereocenters. The van der Waals surface area contributed by atoms with Crippen molar-refractivity contribution in [2.45, 2.75) is 0 Å². The Bertz CT molecular complexity index is 3800. The molecule has 0 aliphatic carbocycles. The summed E-state index contributed by atoms with van der Waals surface area (Å²) >= 11 is 0. The number of hydrogen-bond acceptors (Lipinski definition) is 2. The van der Waals surface area contributed by atoms with E-state index in [1.807, 2.05) is 12.1 Å². The summed E-state index contributed by atoms with van der Waals surface area (Å²) in [5, 5.41) is 16.8. The van der Waals surface area contributed by atoms with Gasteiger partial charge in [-0.05, 0) is 130 Å². The third-order valence-corrected chi connectivity index (χ3v) is 12.4. The zero-order valence-electron chi connectivity index (χ0n) is 31.3. The van der Waals surface area contributed by atoms with Gasteiger partial charge in [-0.3, -0.25) is 0 Å². The molecule has 0 N–H and O–H groups in total. The lowest BCUT2D eigenvalue weighted by Gasteiger charge is -2.21. The summed E-state index contributed by atoms with van der Waals surface area (Å²) in [6.07, 6.45) is 0. The van der Waals surface area contributed by atoms with Crippen LogP contribution in [0.3, 0.4) is 0 Å². The number of rotatable bonds is 3. The highest BCUT2D eigenvalue weighted by molar-refractivity contribution is 6.29. The minimum atomic E-state index is 0.898. The van der Waals surface area contributed by atoms with Crippen molar-refractivity contribution in [1.29, 1.82) is 0 Å². The Morgan fingerprint density at radius 1 is 0.241 bits per heavy atom. The van der Waals surface area contributed by atoms with E-state index in [2.05, 4.69) is 182 Å². The zero-order valence-corrected chi connectivity index (χ0v) is 31.3. The number of para-hydroxylation sites is 1. The SMILES string of the molecule is c1ccc2c(-c3c4ccccc4c(-c4ccc5c(c4)oc4ccc6ccccc6c45)c4ccccc34)c3cccc(-c4ccc5oc6ccccc6c5c4)c3cc2c1. The topological polar surface area (TPSA) is 26.3 Å². The van der Waals surface area contributed by atoms with Gasteiger partial charge < -0.3 is 8.83 Å². The molecule has 2 heterocycles. The standard InChI is InChI=1S/C56H32O2/c1-3-14-38-33(12-1)25-29-51-54(38)46-27-24-36(32-52(46)58-51)53-41-17-5-7-19-43(41)56(44-20-8-6-18-42(44)53)55-39-15-4-2-13-34(39)30-47-37(21-11-22-45(47)55)35-26-28-50-48(31-35)40-16-9-10-23-49(40)57-50/h1-32H. The molecule has 13 rings (SSSR count). The molecule has 2 aromatic heterocycles. The smallest absolute Gasteiger partial charge is 0.136 e. The van der Waals surface area contributed by atoms with Gasteiger partial charge in [0, 0.05) is 21.5 Å². The lowest BCUT2D eigenvalue weighted by atomic mass is 9.82. The summed E-state index contributed by atoms with van der Waals surface area (Å²) in [7, 11) is 0. The lowest BCUT2D eigenvalue weighted by Crippen LogP contribution is -1.93. The molecule has 2 heteroatoms. The van der Waals surface area contributed by atoms with E-state index in [9.17, 15) is 0 Å². The van der Waals surface area contributed by atoms with Gasteiger partial charge in [0.15, 0.2) is 0 Å². The highest BCUT2D eigenvalue weighted by Gasteiger charge is 2.22. The van der Waals surface area contributed by atoms with Crippen LogP contribution in [0.15, 0.2) is 203 Å². The molecular weight excluding hydrogens is 705 g/mol. The van der Waals surface area contributed by atoms with Gasteiger partial charge in [0.05, 0.1) is 0 Å². The van der Waals surface area contributed by atoms with E-state index < -0.39 is 0 Å².